The van der Waals surface area contributed by atoms with E-state index in [4.69, 9.17) is 4.74 Å². The summed E-state index contributed by atoms with van der Waals surface area (Å²) in [6.45, 7) is 0.533. The van der Waals surface area contributed by atoms with Crippen molar-refractivity contribution in [1.29, 1.82) is 0 Å². The Morgan fingerprint density at radius 3 is 2.36 bits per heavy atom. The molecule has 0 saturated heterocycles. The molecule has 33 heavy (non-hydrogen) atoms. The van der Waals surface area contributed by atoms with E-state index in [1.54, 1.807) is 24.3 Å². The van der Waals surface area contributed by atoms with E-state index in [9.17, 15) is 18.4 Å². The average Bonchev–Trinajstić information content (AvgIpc) is 3.08. The van der Waals surface area contributed by atoms with E-state index in [1.807, 2.05) is 29.2 Å². The third-order valence-electron chi connectivity index (χ3n) is 5.97. The Morgan fingerprint density at radius 1 is 0.879 bits per heavy atom. The summed E-state index contributed by atoms with van der Waals surface area (Å²) in [4.78, 5) is 29.9. The maximum Gasteiger partial charge on any atom is 0.282 e. The molecular weight excluding hydrogens is 426 g/mol. The highest BCUT2D eigenvalue weighted by Gasteiger charge is 2.44. The molecule has 0 spiro atoms. The standard InChI is InChI=1S/C26H20F2N2O3/c1-33-19-11-8-17(9-12-19)23-24(29-14-4-6-16-5-2-3-7-21(16)29)26(32)30(25(23)31)22-13-10-18(27)15-20(22)28/h2-3,5,7-13,15H,4,6,14H2,1H3. The summed E-state index contributed by atoms with van der Waals surface area (Å²) in [6.07, 6.45) is 1.65. The van der Waals surface area contributed by atoms with Crippen molar-refractivity contribution in [3.05, 3.63) is 95.2 Å². The zero-order valence-corrected chi connectivity index (χ0v) is 17.8. The average molecular weight is 446 g/mol. The second-order valence-corrected chi connectivity index (χ2v) is 7.88. The number of para-hydroxylation sites is 1. The van der Waals surface area contributed by atoms with Crippen LogP contribution < -0.4 is 14.5 Å². The van der Waals surface area contributed by atoms with Gasteiger partial charge in [0.25, 0.3) is 11.8 Å². The number of fused-ring (bicyclic) bond motifs is 1. The monoisotopic (exact) mass is 446 g/mol. The second kappa shape index (κ2) is 8.16. The number of halogens is 2. The number of hydrogen-bond donors (Lipinski definition) is 0. The van der Waals surface area contributed by atoms with Gasteiger partial charge in [-0.1, -0.05) is 30.3 Å². The largest absolute Gasteiger partial charge is 0.497 e. The van der Waals surface area contributed by atoms with E-state index < -0.39 is 23.4 Å². The minimum Gasteiger partial charge on any atom is -0.497 e. The van der Waals surface area contributed by atoms with Crippen molar-refractivity contribution in [1.82, 2.24) is 0 Å². The number of amides is 2. The molecule has 2 aliphatic rings. The lowest BCUT2D eigenvalue weighted by Crippen LogP contribution is -2.37. The van der Waals surface area contributed by atoms with Crippen molar-refractivity contribution in [2.75, 3.05) is 23.5 Å². The predicted octanol–water partition coefficient (Wildman–Crippen LogP) is 4.71. The Labute approximate surface area is 189 Å². The number of hydrogen-bond acceptors (Lipinski definition) is 4. The fourth-order valence-electron chi connectivity index (χ4n) is 4.43. The van der Waals surface area contributed by atoms with Crippen molar-refractivity contribution in [2.24, 2.45) is 0 Å². The van der Waals surface area contributed by atoms with Crippen LogP contribution >= 0.6 is 0 Å². The van der Waals surface area contributed by atoms with E-state index >= 15 is 0 Å². The minimum absolute atomic E-state index is 0.170. The van der Waals surface area contributed by atoms with Crippen LogP contribution in [0.3, 0.4) is 0 Å². The maximum atomic E-state index is 14.7. The quantitative estimate of drug-likeness (QED) is 0.545. The summed E-state index contributed by atoms with van der Waals surface area (Å²) in [6, 6.07) is 17.3. The molecule has 5 rings (SSSR count). The number of methoxy groups -OCH3 is 1. The molecule has 3 aromatic carbocycles. The Morgan fingerprint density at radius 2 is 1.64 bits per heavy atom. The molecule has 2 amide bonds. The van der Waals surface area contributed by atoms with E-state index in [0.717, 1.165) is 41.1 Å². The topological polar surface area (TPSA) is 49.9 Å². The molecule has 2 heterocycles. The fraction of sp³-hybridized carbons (Fsp3) is 0.154. The van der Waals surface area contributed by atoms with Gasteiger partial charge in [-0.2, -0.15) is 0 Å². The highest BCUT2D eigenvalue weighted by atomic mass is 19.1. The summed E-state index contributed by atoms with van der Waals surface area (Å²) < 4.78 is 33.4. The molecule has 3 aromatic rings. The number of ether oxygens (including phenoxy) is 1. The first-order valence-corrected chi connectivity index (χ1v) is 10.6. The minimum atomic E-state index is -0.980. The first-order valence-electron chi connectivity index (χ1n) is 10.6. The van der Waals surface area contributed by atoms with Gasteiger partial charge < -0.3 is 9.64 Å². The zero-order valence-electron chi connectivity index (χ0n) is 17.8. The SMILES string of the molecule is COc1ccc(C2=C(N3CCCc4ccccc43)C(=O)N(c3ccc(F)cc3F)C2=O)cc1. The summed E-state index contributed by atoms with van der Waals surface area (Å²) in [7, 11) is 1.54. The first kappa shape index (κ1) is 20.9. The van der Waals surface area contributed by atoms with Gasteiger partial charge in [-0.25, -0.2) is 13.7 Å². The molecule has 0 aromatic heterocycles. The molecule has 5 nitrogen and oxygen atoms in total. The number of aryl methyl sites for hydroxylation is 1. The van der Waals surface area contributed by atoms with Crippen molar-refractivity contribution in [2.45, 2.75) is 12.8 Å². The first-order chi connectivity index (χ1) is 16.0. The molecule has 0 radical (unpaired) electrons. The fourth-order valence-corrected chi connectivity index (χ4v) is 4.43. The summed E-state index contributed by atoms with van der Waals surface area (Å²) in [5.41, 5.74) is 2.49. The number of carbonyl (C=O) groups excluding carboxylic acids is 2. The zero-order chi connectivity index (χ0) is 23.1. The molecule has 0 aliphatic carbocycles. The van der Waals surface area contributed by atoms with Crippen LogP contribution in [0.25, 0.3) is 5.57 Å². The van der Waals surface area contributed by atoms with E-state index in [-0.39, 0.29) is 17.0 Å². The third kappa shape index (κ3) is 3.46. The molecule has 0 fully saturated rings. The number of carbonyl (C=O) groups is 2. The molecule has 0 bridgehead atoms. The molecule has 0 saturated carbocycles. The van der Waals surface area contributed by atoms with Crippen LogP contribution in [0.1, 0.15) is 17.5 Å². The molecule has 2 aliphatic heterocycles. The molecule has 0 N–H and O–H groups in total. The number of rotatable bonds is 4. The normalized spacial score (nSPS) is 15.8. The maximum absolute atomic E-state index is 14.7. The van der Waals surface area contributed by atoms with Crippen LogP contribution in [0.15, 0.2) is 72.4 Å². The number of imide groups is 1. The Bertz CT molecular complexity index is 1300. The van der Waals surface area contributed by atoms with Crippen LogP contribution in [-0.4, -0.2) is 25.5 Å². The highest BCUT2D eigenvalue weighted by molar-refractivity contribution is 6.46. The van der Waals surface area contributed by atoms with Crippen molar-refractivity contribution >= 4 is 28.8 Å². The molecule has 0 atom stereocenters. The summed E-state index contributed by atoms with van der Waals surface area (Å²) in [5, 5.41) is 0. The van der Waals surface area contributed by atoms with Gasteiger partial charge in [0.05, 0.1) is 18.4 Å². The lowest BCUT2D eigenvalue weighted by atomic mass is 9.98. The van der Waals surface area contributed by atoms with Gasteiger partial charge in [-0.3, -0.25) is 9.59 Å². The van der Waals surface area contributed by atoms with Gasteiger partial charge in [0.2, 0.25) is 0 Å². The summed E-state index contributed by atoms with van der Waals surface area (Å²) >= 11 is 0. The van der Waals surface area contributed by atoms with Crippen molar-refractivity contribution in [3.8, 4) is 5.75 Å². The van der Waals surface area contributed by atoms with E-state index in [1.165, 1.54) is 7.11 Å². The van der Waals surface area contributed by atoms with Crippen molar-refractivity contribution < 1.29 is 23.1 Å². The van der Waals surface area contributed by atoms with Gasteiger partial charge in [0.1, 0.15) is 23.1 Å². The van der Waals surface area contributed by atoms with E-state index in [2.05, 4.69) is 0 Å². The molecule has 0 unspecified atom stereocenters. The van der Waals surface area contributed by atoms with E-state index in [0.29, 0.717) is 23.9 Å². The van der Waals surface area contributed by atoms with Crippen LogP contribution in [0.5, 0.6) is 5.75 Å². The Hall–Kier alpha value is -4.00. The number of nitrogens with zero attached hydrogens (tertiary/aromatic N) is 2. The lowest BCUT2D eigenvalue weighted by Gasteiger charge is -2.32. The van der Waals surface area contributed by atoms with Gasteiger partial charge in [0, 0.05) is 18.3 Å². The second-order valence-electron chi connectivity index (χ2n) is 7.88. The number of anilines is 2. The van der Waals surface area contributed by atoms with Crippen molar-refractivity contribution in [3.63, 3.8) is 0 Å². The van der Waals surface area contributed by atoms with Gasteiger partial charge in [-0.05, 0) is 54.3 Å². The van der Waals surface area contributed by atoms with Crippen LogP contribution in [0.4, 0.5) is 20.2 Å². The Balaban J connectivity index is 1.70. The van der Waals surface area contributed by atoms with Crippen LogP contribution in [-0.2, 0) is 16.0 Å². The predicted molar refractivity (Wildman–Crippen MR) is 121 cm³/mol. The van der Waals surface area contributed by atoms with Crippen LogP contribution in [0, 0.1) is 11.6 Å². The molecule has 166 valence electrons. The highest BCUT2D eigenvalue weighted by Crippen LogP contribution is 2.40. The smallest absolute Gasteiger partial charge is 0.282 e. The Kier molecular flexibility index (Phi) is 5.17. The lowest BCUT2D eigenvalue weighted by molar-refractivity contribution is -0.120. The van der Waals surface area contributed by atoms with Crippen LogP contribution in [0.2, 0.25) is 0 Å². The van der Waals surface area contributed by atoms with Gasteiger partial charge in [-0.15, -0.1) is 0 Å². The van der Waals surface area contributed by atoms with Gasteiger partial charge in [0.15, 0.2) is 0 Å². The summed E-state index contributed by atoms with van der Waals surface area (Å²) in [5.74, 6) is -2.47. The molecular formula is C26H20F2N2O3. The third-order valence-corrected chi connectivity index (χ3v) is 5.97. The number of benzene rings is 3. The molecule has 7 heteroatoms. The van der Waals surface area contributed by atoms with Gasteiger partial charge >= 0.3 is 0 Å².